The predicted molar refractivity (Wildman–Crippen MR) is 101 cm³/mol. The van der Waals surface area contributed by atoms with Crippen LogP contribution in [-0.2, 0) is 6.54 Å². The van der Waals surface area contributed by atoms with Crippen LogP contribution in [0, 0.1) is 18.3 Å². The molecule has 4 aromatic rings. The highest BCUT2D eigenvalue weighted by Crippen LogP contribution is 2.17. The van der Waals surface area contributed by atoms with E-state index >= 15 is 0 Å². The average Bonchev–Trinajstić information content (AvgIpc) is 3.10. The molecule has 0 bridgehead atoms. The van der Waals surface area contributed by atoms with Crippen molar-refractivity contribution in [3.8, 4) is 11.8 Å². The number of H-pyrrole nitrogens is 1. The summed E-state index contributed by atoms with van der Waals surface area (Å²) in [7, 11) is 0. The second-order valence-electron chi connectivity index (χ2n) is 6.17. The molecule has 7 nitrogen and oxygen atoms in total. The number of nitrogens with zero attached hydrogens (tertiary/aromatic N) is 4. The minimum absolute atomic E-state index is 0.0770. The number of hydrogen-bond acceptors (Lipinski definition) is 4. The summed E-state index contributed by atoms with van der Waals surface area (Å²) in [6, 6.07) is 12.6. The van der Waals surface area contributed by atoms with Crippen molar-refractivity contribution >= 4 is 10.9 Å². The van der Waals surface area contributed by atoms with Crippen LogP contribution in [0.1, 0.15) is 17.0 Å². The van der Waals surface area contributed by atoms with Crippen LogP contribution in [0.5, 0.6) is 0 Å². The molecule has 3 aromatic heterocycles. The highest BCUT2D eigenvalue weighted by Gasteiger charge is 2.11. The molecular formula is C20H15N5O2. The van der Waals surface area contributed by atoms with Gasteiger partial charge in [-0.3, -0.25) is 9.59 Å². The fourth-order valence-corrected chi connectivity index (χ4v) is 3.14. The fraction of sp³-hybridized carbons (Fsp3) is 0.100. The number of aryl methyl sites for hydroxylation is 1. The summed E-state index contributed by atoms with van der Waals surface area (Å²) in [6.45, 7) is 2.27. The third-order valence-corrected chi connectivity index (χ3v) is 4.52. The van der Waals surface area contributed by atoms with Gasteiger partial charge in [-0.15, -0.1) is 0 Å². The maximum absolute atomic E-state index is 12.9. The summed E-state index contributed by atoms with van der Waals surface area (Å²) < 4.78 is 3.53. The number of aromatic nitrogens is 4. The second kappa shape index (κ2) is 6.42. The maximum Gasteiger partial charge on any atom is 0.266 e. The molecule has 132 valence electrons. The molecule has 0 saturated carbocycles. The Hall–Kier alpha value is -3.92. The van der Waals surface area contributed by atoms with Crippen LogP contribution in [0.25, 0.3) is 16.6 Å². The van der Waals surface area contributed by atoms with Gasteiger partial charge in [0.15, 0.2) is 0 Å². The van der Waals surface area contributed by atoms with Gasteiger partial charge in [0.25, 0.3) is 11.1 Å². The molecule has 27 heavy (non-hydrogen) atoms. The minimum Gasteiger partial charge on any atom is -0.321 e. The van der Waals surface area contributed by atoms with E-state index < -0.39 is 5.56 Å². The number of imidazole rings is 1. The number of aromatic amines is 1. The summed E-state index contributed by atoms with van der Waals surface area (Å²) in [6.07, 6.45) is 5.25. The summed E-state index contributed by atoms with van der Waals surface area (Å²) in [5, 5.41) is 9.36. The summed E-state index contributed by atoms with van der Waals surface area (Å²) in [5.74, 6) is 0.851. The van der Waals surface area contributed by atoms with Crippen molar-refractivity contribution in [2.45, 2.75) is 13.5 Å². The van der Waals surface area contributed by atoms with Crippen LogP contribution in [-0.4, -0.2) is 19.1 Å². The lowest BCUT2D eigenvalue weighted by Crippen LogP contribution is -2.23. The van der Waals surface area contributed by atoms with Gasteiger partial charge in [-0.2, -0.15) is 5.26 Å². The van der Waals surface area contributed by atoms with Gasteiger partial charge < -0.3 is 14.1 Å². The Labute approximate surface area is 153 Å². The van der Waals surface area contributed by atoms with Crippen molar-refractivity contribution in [2.75, 3.05) is 0 Å². The Morgan fingerprint density at radius 3 is 2.74 bits per heavy atom. The van der Waals surface area contributed by atoms with Gasteiger partial charge in [-0.25, -0.2) is 4.98 Å². The van der Waals surface area contributed by atoms with E-state index in [-0.39, 0.29) is 11.1 Å². The smallest absolute Gasteiger partial charge is 0.266 e. The molecule has 0 fully saturated rings. The van der Waals surface area contributed by atoms with Gasteiger partial charge >= 0.3 is 0 Å². The third kappa shape index (κ3) is 2.83. The predicted octanol–water partition coefficient (Wildman–Crippen LogP) is 2.10. The molecule has 1 N–H and O–H groups in total. The van der Waals surface area contributed by atoms with Gasteiger partial charge in [0, 0.05) is 18.6 Å². The molecule has 0 saturated heterocycles. The van der Waals surface area contributed by atoms with Crippen molar-refractivity contribution in [3.05, 3.63) is 92.6 Å². The number of pyridine rings is 2. The number of nitrogens with one attached hydrogen (secondary N) is 1. The van der Waals surface area contributed by atoms with E-state index in [1.807, 2.05) is 48.0 Å². The van der Waals surface area contributed by atoms with Crippen molar-refractivity contribution in [1.82, 2.24) is 19.1 Å². The van der Waals surface area contributed by atoms with Gasteiger partial charge in [-0.1, -0.05) is 18.2 Å². The number of para-hydroxylation sites is 1. The quantitative estimate of drug-likeness (QED) is 0.607. The zero-order valence-electron chi connectivity index (χ0n) is 14.5. The first-order chi connectivity index (χ1) is 13.1. The van der Waals surface area contributed by atoms with Crippen LogP contribution in [0.2, 0.25) is 0 Å². The summed E-state index contributed by atoms with van der Waals surface area (Å²) in [4.78, 5) is 31.5. The molecule has 0 atom stereocenters. The largest absolute Gasteiger partial charge is 0.321 e. The van der Waals surface area contributed by atoms with E-state index in [9.17, 15) is 9.59 Å². The average molecular weight is 357 g/mol. The Morgan fingerprint density at radius 2 is 2.00 bits per heavy atom. The van der Waals surface area contributed by atoms with Crippen LogP contribution < -0.4 is 11.1 Å². The zero-order valence-corrected chi connectivity index (χ0v) is 14.5. The van der Waals surface area contributed by atoms with Crippen LogP contribution in [0.4, 0.5) is 0 Å². The van der Waals surface area contributed by atoms with Gasteiger partial charge in [0.05, 0.1) is 23.1 Å². The lowest BCUT2D eigenvalue weighted by Gasteiger charge is -2.13. The van der Waals surface area contributed by atoms with Gasteiger partial charge in [-0.05, 0) is 30.7 Å². The van der Waals surface area contributed by atoms with Gasteiger partial charge in [0.1, 0.15) is 17.5 Å². The summed E-state index contributed by atoms with van der Waals surface area (Å²) >= 11 is 0. The minimum atomic E-state index is -0.497. The number of benzene rings is 1. The molecule has 3 heterocycles. The molecule has 0 amide bonds. The first-order valence-corrected chi connectivity index (χ1v) is 8.33. The molecule has 0 unspecified atom stereocenters. The number of nitriles is 1. The molecule has 4 rings (SSSR count). The van der Waals surface area contributed by atoms with Crippen LogP contribution >= 0.6 is 0 Å². The monoisotopic (exact) mass is 357 g/mol. The van der Waals surface area contributed by atoms with Crippen LogP contribution in [0.15, 0.2) is 64.6 Å². The molecule has 0 spiro atoms. The molecule has 0 aliphatic rings. The second-order valence-corrected chi connectivity index (χ2v) is 6.17. The lowest BCUT2D eigenvalue weighted by molar-refractivity contribution is 0.758. The van der Waals surface area contributed by atoms with E-state index in [4.69, 9.17) is 5.26 Å². The lowest BCUT2D eigenvalue weighted by atomic mass is 10.1. The number of fused-ring (bicyclic) bond motifs is 1. The first-order valence-electron chi connectivity index (χ1n) is 8.33. The van der Waals surface area contributed by atoms with Gasteiger partial charge in [0.2, 0.25) is 0 Å². The fourth-order valence-electron chi connectivity index (χ4n) is 3.14. The topological polar surface area (TPSA) is 96.5 Å². The molecule has 7 heteroatoms. The van der Waals surface area contributed by atoms with E-state index in [0.29, 0.717) is 17.4 Å². The highest BCUT2D eigenvalue weighted by molar-refractivity contribution is 5.78. The third-order valence-electron chi connectivity index (χ3n) is 4.52. The normalized spacial score (nSPS) is 10.8. The van der Waals surface area contributed by atoms with Crippen LogP contribution in [0.3, 0.4) is 0 Å². The summed E-state index contributed by atoms with van der Waals surface area (Å²) in [5.41, 5.74) is 1.47. The Bertz CT molecular complexity index is 1320. The molecule has 0 aliphatic carbocycles. The first kappa shape index (κ1) is 16.5. The molecular weight excluding hydrogens is 342 g/mol. The van der Waals surface area contributed by atoms with Crippen molar-refractivity contribution < 1.29 is 0 Å². The van der Waals surface area contributed by atoms with Crippen molar-refractivity contribution in [1.29, 1.82) is 5.26 Å². The van der Waals surface area contributed by atoms with E-state index in [1.165, 1.54) is 6.07 Å². The van der Waals surface area contributed by atoms with E-state index in [0.717, 1.165) is 17.1 Å². The Balaban J connectivity index is 1.84. The Kier molecular flexibility index (Phi) is 3.94. The number of hydrogen-bond donors (Lipinski definition) is 1. The molecule has 1 aromatic carbocycles. The maximum atomic E-state index is 12.9. The van der Waals surface area contributed by atoms with Crippen molar-refractivity contribution in [3.63, 3.8) is 0 Å². The Morgan fingerprint density at radius 1 is 1.19 bits per heavy atom. The van der Waals surface area contributed by atoms with E-state index in [2.05, 4.69) is 9.97 Å². The highest BCUT2D eigenvalue weighted by atomic mass is 16.1. The number of rotatable bonds is 3. The molecule has 0 aliphatic heterocycles. The zero-order chi connectivity index (χ0) is 19.0. The van der Waals surface area contributed by atoms with E-state index in [1.54, 1.807) is 23.0 Å². The molecule has 0 radical (unpaired) electrons. The standard InChI is InChI=1S/C20H15N5O2/c1-13-22-7-9-25(13)18-5-3-2-4-14(18)12-24-8-6-17-16(20(24)27)10-15(11-21)19(26)23-17/h2-10H,12H2,1H3,(H,23,26). The SMILES string of the molecule is Cc1nccn1-c1ccccc1Cn1ccc2[nH]c(=O)c(C#N)cc2c1=O. The van der Waals surface area contributed by atoms with Crippen molar-refractivity contribution in [2.24, 2.45) is 0 Å².